The van der Waals surface area contributed by atoms with Gasteiger partial charge in [-0.05, 0) is 19.3 Å². The summed E-state index contributed by atoms with van der Waals surface area (Å²) in [6.07, 6.45) is 5.37. The van der Waals surface area contributed by atoms with Crippen LogP contribution in [0.4, 0.5) is 0 Å². The molecule has 0 atom stereocenters. The molecule has 0 aliphatic carbocycles. The molecular formula is C12H17N3O2S. The SMILES string of the molecule is O=C(NCCC(=O)N1CCCCC1)c1nccs1. The number of hydrogen-bond donors (Lipinski definition) is 1. The van der Waals surface area contributed by atoms with Crippen molar-refractivity contribution < 1.29 is 9.59 Å². The Morgan fingerprint density at radius 2 is 2.11 bits per heavy atom. The lowest BCUT2D eigenvalue weighted by molar-refractivity contribution is -0.131. The summed E-state index contributed by atoms with van der Waals surface area (Å²) in [6, 6.07) is 0. The standard InChI is InChI=1S/C12H17N3O2S/c16-10(15-7-2-1-3-8-15)4-5-13-11(17)12-14-6-9-18-12/h6,9H,1-5,7-8H2,(H,13,17). The molecule has 2 heterocycles. The molecule has 1 aromatic rings. The maximum atomic E-state index is 11.8. The van der Waals surface area contributed by atoms with Crippen LogP contribution in [-0.4, -0.2) is 41.3 Å². The highest BCUT2D eigenvalue weighted by atomic mass is 32.1. The van der Waals surface area contributed by atoms with Crippen molar-refractivity contribution in [2.75, 3.05) is 19.6 Å². The zero-order valence-corrected chi connectivity index (χ0v) is 11.0. The number of thiazole rings is 1. The number of nitrogens with zero attached hydrogens (tertiary/aromatic N) is 2. The van der Waals surface area contributed by atoms with Crippen molar-refractivity contribution in [2.45, 2.75) is 25.7 Å². The number of rotatable bonds is 4. The van der Waals surface area contributed by atoms with Crippen LogP contribution in [0.5, 0.6) is 0 Å². The zero-order chi connectivity index (χ0) is 12.8. The number of amides is 2. The average molecular weight is 267 g/mol. The third-order valence-electron chi connectivity index (χ3n) is 2.96. The number of carbonyl (C=O) groups excluding carboxylic acids is 2. The van der Waals surface area contributed by atoms with Crippen molar-refractivity contribution in [3.8, 4) is 0 Å². The minimum absolute atomic E-state index is 0.133. The van der Waals surface area contributed by atoms with E-state index in [-0.39, 0.29) is 11.8 Å². The molecule has 6 heteroatoms. The van der Waals surface area contributed by atoms with Crippen molar-refractivity contribution in [3.05, 3.63) is 16.6 Å². The molecule has 1 fully saturated rings. The summed E-state index contributed by atoms with van der Waals surface area (Å²) in [5.41, 5.74) is 0. The summed E-state index contributed by atoms with van der Waals surface area (Å²) in [5.74, 6) is -0.0643. The Bertz CT molecular complexity index is 399. The molecule has 98 valence electrons. The molecule has 1 aromatic heterocycles. The van der Waals surface area contributed by atoms with E-state index in [0.29, 0.717) is 18.0 Å². The number of piperidine rings is 1. The summed E-state index contributed by atoms with van der Waals surface area (Å²) in [6.45, 7) is 2.10. The Labute approximate surface area is 110 Å². The normalized spacial score (nSPS) is 15.4. The van der Waals surface area contributed by atoms with Gasteiger partial charge >= 0.3 is 0 Å². The molecule has 1 saturated heterocycles. The van der Waals surface area contributed by atoms with E-state index in [1.807, 2.05) is 4.90 Å². The lowest BCUT2D eigenvalue weighted by atomic mass is 10.1. The van der Waals surface area contributed by atoms with Crippen molar-refractivity contribution >= 4 is 23.2 Å². The van der Waals surface area contributed by atoms with Crippen molar-refractivity contribution in [1.29, 1.82) is 0 Å². The second-order valence-corrected chi connectivity index (χ2v) is 5.18. The first-order valence-electron chi connectivity index (χ1n) is 6.23. The summed E-state index contributed by atoms with van der Waals surface area (Å²) < 4.78 is 0. The predicted molar refractivity (Wildman–Crippen MR) is 69.5 cm³/mol. The van der Waals surface area contributed by atoms with Crippen LogP contribution in [0.1, 0.15) is 35.5 Å². The molecule has 0 aromatic carbocycles. The molecule has 18 heavy (non-hydrogen) atoms. The molecule has 2 rings (SSSR count). The number of likely N-dealkylation sites (tertiary alicyclic amines) is 1. The minimum atomic E-state index is -0.198. The first kappa shape index (κ1) is 13.0. The van der Waals surface area contributed by atoms with Gasteiger partial charge in [-0.15, -0.1) is 11.3 Å². The molecule has 5 nitrogen and oxygen atoms in total. The van der Waals surface area contributed by atoms with Gasteiger partial charge in [0, 0.05) is 37.6 Å². The number of hydrogen-bond acceptors (Lipinski definition) is 4. The molecule has 0 spiro atoms. The van der Waals surface area contributed by atoms with Crippen LogP contribution < -0.4 is 5.32 Å². The quantitative estimate of drug-likeness (QED) is 0.893. The van der Waals surface area contributed by atoms with Crippen LogP contribution in [0.15, 0.2) is 11.6 Å². The highest BCUT2D eigenvalue weighted by molar-refractivity contribution is 7.11. The van der Waals surface area contributed by atoms with E-state index in [0.717, 1.165) is 25.9 Å². The van der Waals surface area contributed by atoms with Crippen LogP contribution in [0.2, 0.25) is 0 Å². The van der Waals surface area contributed by atoms with Gasteiger partial charge in [0.05, 0.1) is 0 Å². The highest BCUT2D eigenvalue weighted by Crippen LogP contribution is 2.09. The summed E-state index contributed by atoms with van der Waals surface area (Å²) in [4.78, 5) is 29.2. The predicted octanol–water partition coefficient (Wildman–Crippen LogP) is 1.28. The Hall–Kier alpha value is -1.43. The molecule has 0 bridgehead atoms. The molecule has 1 N–H and O–H groups in total. The topological polar surface area (TPSA) is 62.3 Å². The fraction of sp³-hybridized carbons (Fsp3) is 0.583. The first-order chi connectivity index (χ1) is 8.77. The minimum Gasteiger partial charge on any atom is -0.349 e. The van der Waals surface area contributed by atoms with E-state index in [4.69, 9.17) is 0 Å². The van der Waals surface area contributed by atoms with E-state index in [2.05, 4.69) is 10.3 Å². The van der Waals surface area contributed by atoms with E-state index in [1.54, 1.807) is 11.6 Å². The lowest BCUT2D eigenvalue weighted by Crippen LogP contribution is -2.37. The fourth-order valence-corrected chi connectivity index (χ4v) is 2.55. The monoisotopic (exact) mass is 267 g/mol. The fourth-order valence-electron chi connectivity index (χ4n) is 2.00. The number of carbonyl (C=O) groups is 2. The maximum absolute atomic E-state index is 11.8. The van der Waals surface area contributed by atoms with Crippen LogP contribution in [0, 0.1) is 0 Å². The maximum Gasteiger partial charge on any atom is 0.280 e. The Morgan fingerprint density at radius 1 is 1.33 bits per heavy atom. The molecule has 0 unspecified atom stereocenters. The molecule has 1 aliphatic rings. The lowest BCUT2D eigenvalue weighted by Gasteiger charge is -2.26. The van der Waals surface area contributed by atoms with Gasteiger partial charge < -0.3 is 10.2 Å². The second kappa shape index (κ2) is 6.49. The van der Waals surface area contributed by atoms with Gasteiger partial charge in [-0.25, -0.2) is 4.98 Å². The summed E-state index contributed by atoms with van der Waals surface area (Å²) in [7, 11) is 0. The third-order valence-corrected chi connectivity index (χ3v) is 3.73. The highest BCUT2D eigenvalue weighted by Gasteiger charge is 2.16. The van der Waals surface area contributed by atoms with Crippen LogP contribution in [-0.2, 0) is 4.79 Å². The van der Waals surface area contributed by atoms with E-state index >= 15 is 0 Å². The Morgan fingerprint density at radius 3 is 2.78 bits per heavy atom. The van der Waals surface area contributed by atoms with Gasteiger partial charge in [0.15, 0.2) is 5.01 Å². The number of aromatic nitrogens is 1. The van der Waals surface area contributed by atoms with Gasteiger partial charge in [-0.3, -0.25) is 9.59 Å². The molecular weight excluding hydrogens is 250 g/mol. The van der Waals surface area contributed by atoms with Gasteiger partial charge in [0.25, 0.3) is 5.91 Å². The summed E-state index contributed by atoms with van der Waals surface area (Å²) >= 11 is 1.30. The van der Waals surface area contributed by atoms with E-state index in [9.17, 15) is 9.59 Å². The van der Waals surface area contributed by atoms with Gasteiger partial charge in [-0.2, -0.15) is 0 Å². The first-order valence-corrected chi connectivity index (χ1v) is 7.11. The van der Waals surface area contributed by atoms with E-state index in [1.165, 1.54) is 17.8 Å². The zero-order valence-electron chi connectivity index (χ0n) is 10.2. The van der Waals surface area contributed by atoms with Crippen molar-refractivity contribution in [2.24, 2.45) is 0 Å². The largest absolute Gasteiger partial charge is 0.349 e. The molecule has 1 aliphatic heterocycles. The van der Waals surface area contributed by atoms with Crippen LogP contribution in [0.25, 0.3) is 0 Å². The summed E-state index contributed by atoms with van der Waals surface area (Å²) in [5, 5.41) is 4.92. The molecule has 0 radical (unpaired) electrons. The Balaban J connectivity index is 1.68. The average Bonchev–Trinajstić information content (AvgIpc) is 2.93. The second-order valence-electron chi connectivity index (χ2n) is 4.28. The molecule has 2 amide bonds. The van der Waals surface area contributed by atoms with E-state index < -0.39 is 0 Å². The van der Waals surface area contributed by atoms with Crippen molar-refractivity contribution in [1.82, 2.24) is 15.2 Å². The van der Waals surface area contributed by atoms with Crippen LogP contribution in [0.3, 0.4) is 0 Å². The van der Waals surface area contributed by atoms with Gasteiger partial charge in [-0.1, -0.05) is 0 Å². The van der Waals surface area contributed by atoms with Crippen molar-refractivity contribution in [3.63, 3.8) is 0 Å². The smallest absolute Gasteiger partial charge is 0.280 e. The third kappa shape index (κ3) is 3.53. The van der Waals surface area contributed by atoms with Crippen LogP contribution >= 0.6 is 11.3 Å². The van der Waals surface area contributed by atoms with Gasteiger partial charge in [0.2, 0.25) is 5.91 Å². The Kier molecular flexibility index (Phi) is 4.69. The van der Waals surface area contributed by atoms with Gasteiger partial charge in [0.1, 0.15) is 0 Å². The molecule has 0 saturated carbocycles. The number of nitrogens with one attached hydrogen (secondary N) is 1.